The van der Waals surface area contributed by atoms with E-state index in [2.05, 4.69) is 0 Å². The van der Waals surface area contributed by atoms with Crippen molar-refractivity contribution in [2.75, 3.05) is 26.9 Å². The Morgan fingerprint density at radius 2 is 2.33 bits per heavy atom. The lowest BCUT2D eigenvalue weighted by Crippen LogP contribution is -2.43. The van der Waals surface area contributed by atoms with Gasteiger partial charge in [0.25, 0.3) is 5.91 Å². The molecular weight excluding hydrogens is 294 g/mol. The van der Waals surface area contributed by atoms with Gasteiger partial charge in [0.05, 0.1) is 26.4 Å². The minimum atomic E-state index is -0.982. The molecule has 0 spiro atoms. The van der Waals surface area contributed by atoms with Gasteiger partial charge in [-0.1, -0.05) is 0 Å². The SMILES string of the molecule is CN(Cc1cc(C=CC(=O)O)cs1)C(=O)C1COCCO1. The standard InChI is InChI=1S/C14H17NO5S/c1-15(14(18)12-8-19-4-5-20-12)7-11-6-10(9-21-11)2-3-13(16)17/h2-3,6,9,12H,4-5,7-8H2,1H3,(H,16,17). The lowest BCUT2D eigenvalue weighted by atomic mass is 10.2. The van der Waals surface area contributed by atoms with Crippen LogP contribution in [0.2, 0.25) is 0 Å². The summed E-state index contributed by atoms with van der Waals surface area (Å²) in [5, 5.41) is 10.4. The van der Waals surface area contributed by atoms with E-state index in [-0.39, 0.29) is 5.91 Å². The lowest BCUT2D eigenvalue weighted by molar-refractivity contribution is -0.157. The normalized spacial score (nSPS) is 18.8. The van der Waals surface area contributed by atoms with Crippen LogP contribution in [0.15, 0.2) is 17.5 Å². The molecule has 2 heterocycles. The molecule has 6 nitrogen and oxygen atoms in total. The van der Waals surface area contributed by atoms with Crippen molar-refractivity contribution in [3.63, 3.8) is 0 Å². The van der Waals surface area contributed by atoms with Gasteiger partial charge in [-0.15, -0.1) is 11.3 Å². The predicted molar refractivity (Wildman–Crippen MR) is 78.0 cm³/mol. The molecule has 0 radical (unpaired) electrons. The van der Waals surface area contributed by atoms with Crippen LogP contribution in [0.4, 0.5) is 0 Å². The maximum atomic E-state index is 12.2. The van der Waals surface area contributed by atoms with Crippen molar-refractivity contribution in [3.8, 4) is 0 Å². The minimum absolute atomic E-state index is 0.106. The number of carbonyl (C=O) groups is 2. The van der Waals surface area contributed by atoms with Gasteiger partial charge in [-0.05, 0) is 23.1 Å². The van der Waals surface area contributed by atoms with E-state index in [9.17, 15) is 9.59 Å². The third kappa shape index (κ3) is 4.66. The number of rotatable bonds is 5. The summed E-state index contributed by atoms with van der Waals surface area (Å²) in [6.45, 7) is 1.72. The molecule has 114 valence electrons. The molecule has 1 aromatic rings. The van der Waals surface area contributed by atoms with E-state index in [4.69, 9.17) is 14.6 Å². The monoisotopic (exact) mass is 311 g/mol. The maximum absolute atomic E-state index is 12.2. The van der Waals surface area contributed by atoms with Crippen molar-refractivity contribution in [2.24, 2.45) is 0 Å². The molecule has 1 unspecified atom stereocenters. The number of hydrogen-bond donors (Lipinski definition) is 1. The minimum Gasteiger partial charge on any atom is -0.478 e. The van der Waals surface area contributed by atoms with Gasteiger partial charge in [-0.2, -0.15) is 0 Å². The van der Waals surface area contributed by atoms with Crippen LogP contribution in [0.1, 0.15) is 10.4 Å². The van der Waals surface area contributed by atoms with Crippen LogP contribution in [0.3, 0.4) is 0 Å². The fourth-order valence-electron chi connectivity index (χ4n) is 1.92. The molecule has 1 amide bonds. The van der Waals surface area contributed by atoms with Crippen LogP contribution < -0.4 is 0 Å². The Hall–Kier alpha value is -1.70. The maximum Gasteiger partial charge on any atom is 0.328 e. The molecule has 2 rings (SSSR count). The Bertz CT molecular complexity index is 533. The molecule has 1 fully saturated rings. The van der Waals surface area contributed by atoms with Crippen molar-refractivity contribution in [1.29, 1.82) is 0 Å². The van der Waals surface area contributed by atoms with Crippen LogP contribution in [0.5, 0.6) is 0 Å². The van der Waals surface area contributed by atoms with Crippen LogP contribution in [0, 0.1) is 0 Å². The van der Waals surface area contributed by atoms with Gasteiger partial charge >= 0.3 is 5.97 Å². The zero-order chi connectivity index (χ0) is 15.2. The van der Waals surface area contributed by atoms with Crippen molar-refractivity contribution >= 4 is 29.3 Å². The highest BCUT2D eigenvalue weighted by Gasteiger charge is 2.25. The van der Waals surface area contributed by atoms with Crippen LogP contribution in [-0.2, 0) is 25.6 Å². The largest absolute Gasteiger partial charge is 0.478 e. The first-order valence-corrected chi connectivity index (χ1v) is 7.37. The molecule has 1 aromatic heterocycles. The van der Waals surface area contributed by atoms with Gasteiger partial charge in [0.1, 0.15) is 0 Å². The van der Waals surface area contributed by atoms with Crippen LogP contribution >= 0.6 is 11.3 Å². The number of likely N-dealkylation sites (N-methyl/N-ethyl adjacent to an activating group) is 1. The van der Waals surface area contributed by atoms with Crippen molar-refractivity contribution < 1.29 is 24.2 Å². The number of ether oxygens (including phenoxy) is 2. The number of aliphatic carboxylic acids is 1. The molecule has 1 aliphatic rings. The lowest BCUT2D eigenvalue weighted by Gasteiger charge is -2.26. The zero-order valence-electron chi connectivity index (χ0n) is 11.7. The number of amides is 1. The van der Waals surface area contributed by atoms with Gasteiger partial charge < -0.3 is 19.5 Å². The van der Waals surface area contributed by atoms with E-state index in [1.54, 1.807) is 11.9 Å². The molecule has 0 bridgehead atoms. The van der Waals surface area contributed by atoms with E-state index in [0.29, 0.717) is 26.4 Å². The summed E-state index contributed by atoms with van der Waals surface area (Å²) in [6.07, 6.45) is 2.09. The molecule has 1 saturated heterocycles. The van der Waals surface area contributed by atoms with Crippen molar-refractivity contribution in [3.05, 3.63) is 28.0 Å². The predicted octanol–water partition coefficient (Wildman–Crippen LogP) is 1.22. The quantitative estimate of drug-likeness (QED) is 0.828. The van der Waals surface area contributed by atoms with Gasteiger partial charge in [0, 0.05) is 18.0 Å². The second kappa shape index (κ2) is 7.35. The molecule has 21 heavy (non-hydrogen) atoms. The Morgan fingerprint density at radius 1 is 1.52 bits per heavy atom. The van der Waals surface area contributed by atoms with E-state index in [1.807, 2.05) is 11.4 Å². The number of hydrogen-bond acceptors (Lipinski definition) is 5. The van der Waals surface area contributed by atoms with E-state index in [0.717, 1.165) is 16.5 Å². The van der Waals surface area contributed by atoms with E-state index < -0.39 is 12.1 Å². The summed E-state index contributed by atoms with van der Waals surface area (Å²) in [5.41, 5.74) is 0.815. The number of thiophene rings is 1. The summed E-state index contributed by atoms with van der Waals surface area (Å²) in [6, 6.07) is 1.87. The molecule has 1 atom stereocenters. The first kappa shape index (κ1) is 15.7. The molecule has 7 heteroatoms. The molecule has 1 N–H and O–H groups in total. The van der Waals surface area contributed by atoms with Crippen LogP contribution in [0.25, 0.3) is 6.08 Å². The summed E-state index contributed by atoms with van der Waals surface area (Å²) in [7, 11) is 1.72. The Labute approximate surface area is 126 Å². The fraction of sp³-hybridized carbons (Fsp3) is 0.429. The van der Waals surface area contributed by atoms with Gasteiger partial charge in [0.2, 0.25) is 0 Å². The molecule has 0 aromatic carbocycles. The van der Waals surface area contributed by atoms with Crippen molar-refractivity contribution in [1.82, 2.24) is 4.90 Å². The second-order valence-corrected chi connectivity index (χ2v) is 5.64. The first-order chi connectivity index (χ1) is 10.1. The average Bonchev–Trinajstić information content (AvgIpc) is 2.92. The molecule has 0 aliphatic carbocycles. The van der Waals surface area contributed by atoms with Gasteiger partial charge in [-0.25, -0.2) is 4.79 Å². The molecule has 0 saturated carbocycles. The zero-order valence-corrected chi connectivity index (χ0v) is 12.5. The number of carbonyl (C=O) groups excluding carboxylic acids is 1. The van der Waals surface area contributed by atoms with Gasteiger partial charge in [0.15, 0.2) is 6.10 Å². The number of carboxylic acids is 1. The Kier molecular flexibility index (Phi) is 5.49. The van der Waals surface area contributed by atoms with Crippen molar-refractivity contribution in [2.45, 2.75) is 12.6 Å². The van der Waals surface area contributed by atoms with E-state index in [1.165, 1.54) is 17.4 Å². The highest BCUT2D eigenvalue weighted by Crippen LogP contribution is 2.18. The molecule has 1 aliphatic heterocycles. The van der Waals surface area contributed by atoms with E-state index >= 15 is 0 Å². The van der Waals surface area contributed by atoms with Gasteiger partial charge in [-0.3, -0.25) is 4.79 Å². The average molecular weight is 311 g/mol. The number of carboxylic acid groups (broad SMARTS) is 1. The first-order valence-electron chi connectivity index (χ1n) is 6.49. The summed E-state index contributed by atoms with van der Waals surface area (Å²) in [4.78, 5) is 25.2. The topological polar surface area (TPSA) is 76.1 Å². The molecular formula is C14H17NO5S. The second-order valence-electron chi connectivity index (χ2n) is 4.65. The smallest absolute Gasteiger partial charge is 0.328 e. The summed E-state index contributed by atoms with van der Waals surface area (Å²) < 4.78 is 10.6. The summed E-state index contributed by atoms with van der Waals surface area (Å²) >= 11 is 1.48. The highest BCUT2D eigenvalue weighted by atomic mass is 32.1. The third-order valence-electron chi connectivity index (χ3n) is 2.95. The highest BCUT2D eigenvalue weighted by molar-refractivity contribution is 7.10. The van der Waals surface area contributed by atoms with Crippen LogP contribution in [-0.4, -0.2) is 54.9 Å². The summed E-state index contributed by atoms with van der Waals surface area (Å²) in [5.74, 6) is -1.09. The Balaban J connectivity index is 1.91. The Morgan fingerprint density at radius 3 is 3.00 bits per heavy atom. The number of nitrogens with zero attached hydrogens (tertiary/aromatic N) is 1. The third-order valence-corrected chi connectivity index (χ3v) is 3.89. The fourth-order valence-corrected chi connectivity index (χ4v) is 2.83.